The number of ether oxygens (including phenoxy) is 1. The fraction of sp³-hybridized carbons (Fsp3) is 0.692. The predicted octanol–water partition coefficient (Wildman–Crippen LogP) is 2.50. The van der Waals surface area contributed by atoms with Gasteiger partial charge in [0.05, 0.1) is 6.61 Å². The molecule has 3 heteroatoms. The molecule has 0 spiro atoms. The molecule has 0 heterocycles. The molecule has 1 fully saturated rings. The van der Waals surface area contributed by atoms with Gasteiger partial charge in [-0.05, 0) is 32.1 Å². The molecule has 1 saturated carbocycles. The van der Waals surface area contributed by atoms with Crippen LogP contribution < -0.4 is 0 Å². The van der Waals surface area contributed by atoms with Crippen LogP contribution >= 0.6 is 0 Å². The number of carbonyl (C=O) groups is 2. The zero-order valence-corrected chi connectivity index (χ0v) is 9.91. The lowest BCUT2D eigenvalue weighted by Crippen LogP contribution is -2.15. The second-order valence-electron chi connectivity index (χ2n) is 4.24. The SMILES string of the molecule is C=CCC1C(=O)CCC1CCC(=O)OCC. The van der Waals surface area contributed by atoms with Gasteiger partial charge in [0, 0.05) is 18.8 Å². The van der Waals surface area contributed by atoms with E-state index in [1.807, 2.05) is 0 Å². The Kier molecular flexibility index (Phi) is 5.23. The predicted molar refractivity (Wildman–Crippen MR) is 61.9 cm³/mol. The highest BCUT2D eigenvalue weighted by Gasteiger charge is 2.33. The van der Waals surface area contributed by atoms with Gasteiger partial charge >= 0.3 is 5.97 Å². The van der Waals surface area contributed by atoms with Crippen LogP contribution in [0.5, 0.6) is 0 Å². The molecule has 0 radical (unpaired) electrons. The zero-order chi connectivity index (χ0) is 12.0. The second kappa shape index (κ2) is 6.46. The van der Waals surface area contributed by atoms with E-state index in [1.54, 1.807) is 13.0 Å². The molecule has 1 aliphatic carbocycles. The lowest BCUT2D eigenvalue weighted by molar-refractivity contribution is -0.143. The molecule has 2 atom stereocenters. The molecule has 0 saturated heterocycles. The summed E-state index contributed by atoms with van der Waals surface area (Å²) in [6.07, 6.45) is 5.31. The number of allylic oxidation sites excluding steroid dienone is 1. The molecule has 3 nitrogen and oxygen atoms in total. The van der Waals surface area contributed by atoms with Gasteiger partial charge in [-0.15, -0.1) is 6.58 Å². The minimum absolute atomic E-state index is 0.0897. The molecule has 2 unspecified atom stereocenters. The van der Waals surface area contributed by atoms with Gasteiger partial charge in [-0.1, -0.05) is 6.08 Å². The van der Waals surface area contributed by atoms with E-state index in [0.29, 0.717) is 31.1 Å². The summed E-state index contributed by atoms with van der Waals surface area (Å²) in [4.78, 5) is 22.8. The number of Topliss-reactive ketones (excluding diaryl/α,β-unsaturated/α-hetero) is 1. The fourth-order valence-electron chi connectivity index (χ4n) is 2.36. The smallest absolute Gasteiger partial charge is 0.305 e. The van der Waals surface area contributed by atoms with E-state index in [4.69, 9.17) is 4.74 Å². The maximum absolute atomic E-state index is 11.6. The van der Waals surface area contributed by atoms with E-state index in [1.165, 1.54) is 0 Å². The second-order valence-corrected chi connectivity index (χ2v) is 4.24. The number of hydrogen-bond donors (Lipinski definition) is 0. The topological polar surface area (TPSA) is 43.4 Å². The summed E-state index contributed by atoms with van der Waals surface area (Å²) in [6.45, 7) is 5.91. The third kappa shape index (κ3) is 3.47. The maximum Gasteiger partial charge on any atom is 0.305 e. The highest BCUT2D eigenvalue weighted by atomic mass is 16.5. The average Bonchev–Trinajstić information content (AvgIpc) is 2.59. The van der Waals surface area contributed by atoms with Crippen LogP contribution in [0.4, 0.5) is 0 Å². The van der Waals surface area contributed by atoms with Crippen molar-refractivity contribution in [2.45, 2.75) is 39.0 Å². The number of carbonyl (C=O) groups excluding carboxylic acids is 2. The van der Waals surface area contributed by atoms with Crippen LogP contribution in [0, 0.1) is 11.8 Å². The van der Waals surface area contributed by atoms with Crippen LogP contribution in [-0.2, 0) is 14.3 Å². The summed E-state index contributed by atoms with van der Waals surface area (Å²) in [5.41, 5.74) is 0. The first kappa shape index (κ1) is 12.9. The molecule has 0 aliphatic heterocycles. The number of ketones is 1. The summed E-state index contributed by atoms with van der Waals surface area (Å²) in [6, 6.07) is 0. The lowest BCUT2D eigenvalue weighted by atomic mass is 9.89. The van der Waals surface area contributed by atoms with Crippen molar-refractivity contribution in [2.75, 3.05) is 6.61 Å². The minimum Gasteiger partial charge on any atom is -0.466 e. The molecule has 0 aromatic heterocycles. The highest BCUT2D eigenvalue weighted by molar-refractivity contribution is 5.83. The number of esters is 1. The molecule has 16 heavy (non-hydrogen) atoms. The molecule has 0 N–H and O–H groups in total. The van der Waals surface area contributed by atoms with Crippen LogP contribution in [0.25, 0.3) is 0 Å². The Hall–Kier alpha value is -1.12. The molecular formula is C13H20O3. The van der Waals surface area contributed by atoms with Crippen molar-refractivity contribution < 1.29 is 14.3 Å². The maximum atomic E-state index is 11.6. The summed E-state index contributed by atoms with van der Waals surface area (Å²) in [5, 5.41) is 0. The first-order valence-corrected chi connectivity index (χ1v) is 5.98. The minimum atomic E-state index is -0.154. The van der Waals surface area contributed by atoms with Crippen LogP contribution in [0.1, 0.15) is 39.0 Å². The highest BCUT2D eigenvalue weighted by Crippen LogP contribution is 2.34. The van der Waals surface area contributed by atoms with Crippen LogP contribution in [0.2, 0.25) is 0 Å². The van der Waals surface area contributed by atoms with E-state index < -0.39 is 0 Å². The van der Waals surface area contributed by atoms with Crippen molar-refractivity contribution in [2.24, 2.45) is 11.8 Å². The van der Waals surface area contributed by atoms with Crippen molar-refractivity contribution in [3.05, 3.63) is 12.7 Å². The largest absolute Gasteiger partial charge is 0.466 e. The third-order valence-electron chi connectivity index (χ3n) is 3.19. The average molecular weight is 224 g/mol. The first-order valence-electron chi connectivity index (χ1n) is 5.98. The first-order chi connectivity index (χ1) is 7.69. The van der Waals surface area contributed by atoms with E-state index in [9.17, 15) is 9.59 Å². The van der Waals surface area contributed by atoms with Crippen LogP contribution in [0.3, 0.4) is 0 Å². The summed E-state index contributed by atoms with van der Waals surface area (Å²) >= 11 is 0. The van der Waals surface area contributed by atoms with E-state index in [0.717, 1.165) is 19.3 Å². The molecule has 90 valence electrons. The van der Waals surface area contributed by atoms with Gasteiger partial charge in [0.2, 0.25) is 0 Å². The lowest BCUT2D eigenvalue weighted by Gasteiger charge is -2.15. The van der Waals surface area contributed by atoms with Gasteiger partial charge in [0.1, 0.15) is 5.78 Å². The van der Waals surface area contributed by atoms with Crippen LogP contribution in [0.15, 0.2) is 12.7 Å². The Bertz CT molecular complexity index is 270. The van der Waals surface area contributed by atoms with Crippen molar-refractivity contribution in [1.82, 2.24) is 0 Å². The van der Waals surface area contributed by atoms with Crippen molar-refractivity contribution in [1.29, 1.82) is 0 Å². The van der Waals surface area contributed by atoms with Crippen molar-refractivity contribution >= 4 is 11.8 Å². The number of hydrogen-bond acceptors (Lipinski definition) is 3. The fourth-order valence-corrected chi connectivity index (χ4v) is 2.36. The van der Waals surface area contributed by atoms with Gasteiger partial charge in [-0.3, -0.25) is 9.59 Å². The Morgan fingerprint density at radius 3 is 3.00 bits per heavy atom. The van der Waals surface area contributed by atoms with Gasteiger partial charge in [0.25, 0.3) is 0 Å². The Morgan fingerprint density at radius 2 is 2.38 bits per heavy atom. The molecule has 0 aromatic carbocycles. The molecule has 1 aliphatic rings. The van der Waals surface area contributed by atoms with E-state index in [-0.39, 0.29) is 11.9 Å². The Balaban J connectivity index is 2.38. The Labute approximate surface area is 96.9 Å². The normalized spacial score (nSPS) is 24.4. The van der Waals surface area contributed by atoms with Gasteiger partial charge in [0.15, 0.2) is 0 Å². The molecule has 0 amide bonds. The van der Waals surface area contributed by atoms with Gasteiger partial charge in [-0.2, -0.15) is 0 Å². The summed E-state index contributed by atoms with van der Waals surface area (Å²) < 4.78 is 4.88. The molecule has 1 rings (SSSR count). The number of rotatable bonds is 6. The standard InChI is InChI=1S/C13H20O3/c1-3-5-11-10(6-8-12(11)14)7-9-13(15)16-4-2/h3,10-11H,1,4-9H2,2H3. The van der Waals surface area contributed by atoms with E-state index in [2.05, 4.69) is 6.58 Å². The molecule has 0 bridgehead atoms. The molecule has 0 aromatic rings. The Morgan fingerprint density at radius 1 is 1.62 bits per heavy atom. The summed E-state index contributed by atoms with van der Waals surface area (Å²) in [7, 11) is 0. The van der Waals surface area contributed by atoms with Crippen LogP contribution in [-0.4, -0.2) is 18.4 Å². The van der Waals surface area contributed by atoms with E-state index >= 15 is 0 Å². The van der Waals surface area contributed by atoms with Gasteiger partial charge in [-0.25, -0.2) is 0 Å². The van der Waals surface area contributed by atoms with Crippen molar-refractivity contribution in [3.63, 3.8) is 0 Å². The third-order valence-corrected chi connectivity index (χ3v) is 3.19. The quantitative estimate of drug-likeness (QED) is 0.514. The van der Waals surface area contributed by atoms with Gasteiger partial charge < -0.3 is 4.74 Å². The zero-order valence-electron chi connectivity index (χ0n) is 9.91. The molecular weight excluding hydrogens is 204 g/mol. The summed E-state index contributed by atoms with van der Waals surface area (Å²) in [5.74, 6) is 0.606. The van der Waals surface area contributed by atoms with Crippen molar-refractivity contribution in [3.8, 4) is 0 Å². The monoisotopic (exact) mass is 224 g/mol.